The highest BCUT2D eigenvalue weighted by Crippen LogP contribution is 2.40. The first-order valence-electron chi connectivity index (χ1n) is 5.00. The van der Waals surface area contributed by atoms with Gasteiger partial charge in [-0.1, -0.05) is 34.6 Å². The molecule has 2 nitrogen and oxygen atoms in total. The van der Waals surface area contributed by atoms with Crippen LogP contribution in [0.4, 0.5) is 0 Å². The van der Waals surface area contributed by atoms with Crippen LogP contribution in [0.25, 0.3) is 0 Å². The lowest BCUT2D eigenvalue weighted by Crippen LogP contribution is -2.31. The first-order valence-corrected chi connectivity index (χ1v) is 5.00. The third-order valence-corrected chi connectivity index (χ3v) is 2.94. The Labute approximate surface area is 80.7 Å². The molecule has 1 aliphatic heterocycles. The maximum Gasteiger partial charge on any atom is 0.309 e. The van der Waals surface area contributed by atoms with Crippen molar-refractivity contribution in [2.24, 2.45) is 23.2 Å². The Morgan fingerprint density at radius 3 is 2.23 bits per heavy atom. The number of rotatable bonds is 1. The number of ether oxygens (including phenoxy) is 1. The van der Waals surface area contributed by atoms with Gasteiger partial charge in [-0.05, 0) is 11.3 Å². The Hall–Kier alpha value is -0.530. The smallest absolute Gasteiger partial charge is 0.309 e. The number of hydrogen-bond acceptors (Lipinski definition) is 2. The van der Waals surface area contributed by atoms with Gasteiger partial charge in [-0.15, -0.1) is 0 Å². The van der Waals surface area contributed by atoms with Crippen molar-refractivity contribution in [2.75, 3.05) is 6.61 Å². The predicted octanol–water partition coefficient (Wildman–Crippen LogP) is 2.48. The van der Waals surface area contributed by atoms with Crippen LogP contribution in [0.1, 0.15) is 34.6 Å². The van der Waals surface area contributed by atoms with E-state index in [2.05, 4.69) is 34.6 Å². The van der Waals surface area contributed by atoms with Crippen LogP contribution >= 0.6 is 0 Å². The number of carbonyl (C=O) groups is 1. The molecule has 1 rings (SSSR count). The molecule has 0 radical (unpaired) electrons. The summed E-state index contributed by atoms with van der Waals surface area (Å²) in [5, 5.41) is 0. The summed E-state index contributed by atoms with van der Waals surface area (Å²) in [6, 6.07) is 0. The van der Waals surface area contributed by atoms with Crippen molar-refractivity contribution in [1.29, 1.82) is 0 Å². The van der Waals surface area contributed by atoms with E-state index in [1.54, 1.807) is 0 Å². The van der Waals surface area contributed by atoms with Gasteiger partial charge in [0.2, 0.25) is 0 Å². The van der Waals surface area contributed by atoms with Crippen LogP contribution in [0.15, 0.2) is 0 Å². The summed E-state index contributed by atoms with van der Waals surface area (Å²) in [4.78, 5) is 11.5. The van der Waals surface area contributed by atoms with Crippen molar-refractivity contribution >= 4 is 5.97 Å². The lowest BCUT2D eigenvalue weighted by Gasteiger charge is -2.30. The minimum absolute atomic E-state index is 0.00470. The molecule has 0 aromatic carbocycles. The van der Waals surface area contributed by atoms with Crippen molar-refractivity contribution in [3.05, 3.63) is 0 Å². The summed E-state index contributed by atoms with van der Waals surface area (Å²) in [6.45, 7) is 11.3. The Morgan fingerprint density at radius 2 is 1.92 bits per heavy atom. The molecule has 0 spiro atoms. The van der Waals surface area contributed by atoms with Crippen LogP contribution in [-0.2, 0) is 9.53 Å². The first-order chi connectivity index (χ1) is 5.84. The number of esters is 1. The fourth-order valence-electron chi connectivity index (χ4n) is 2.06. The van der Waals surface area contributed by atoms with E-state index in [4.69, 9.17) is 4.74 Å². The second-order valence-electron chi connectivity index (χ2n) is 5.37. The quantitative estimate of drug-likeness (QED) is 0.585. The van der Waals surface area contributed by atoms with Crippen molar-refractivity contribution in [2.45, 2.75) is 34.6 Å². The molecule has 1 aliphatic rings. The van der Waals surface area contributed by atoms with Crippen LogP contribution in [-0.4, -0.2) is 12.6 Å². The van der Waals surface area contributed by atoms with Crippen LogP contribution in [0.3, 0.4) is 0 Å². The van der Waals surface area contributed by atoms with Gasteiger partial charge in [0.25, 0.3) is 0 Å². The van der Waals surface area contributed by atoms with Crippen LogP contribution in [0, 0.1) is 23.2 Å². The summed E-state index contributed by atoms with van der Waals surface area (Å²) < 4.78 is 5.13. The highest BCUT2D eigenvalue weighted by atomic mass is 16.5. The highest BCUT2D eigenvalue weighted by Gasteiger charge is 2.44. The molecule has 0 aromatic heterocycles. The van der Waals surface area contributed by atoms with Gasteiger partial charge in [0, 0.05) is 5.92 Å². The molecule has 2 heteroatoms. The van der Waals surface area contributed by atoms with Crippen LogP contribution < -0.4 is 0 Å². The molecule has 0 N–H and O–H groups in total. The maximum atomic E-state index is 11.5. The fraction of sp³-hybridized carbons (Fsp3) is 0.909. The summed E-state index contributed by atoms with van der Waals surface area (Å²) in [6.07, 6.45) is 0. The Bertz CT molecular complexity index is 201. The van der Waals surface area contributed by atoms with Gasteiger partial charge in [-0.25, -0.2) is 0 Å². The summed E-state index contributed by atoms with van der Waals surface area (Å²) in [5.41, 5.74) is 0.168. The molecule has 0 aromatic rings. The molecule has 0 aliphatic carbocycles. The zero-order chi connectivity index (χ0) is 10.2. The summed E-state index contributed by atoms with van der Waals surface area (Å²) in [7, 11) is 0. The van der Waals surface area contributed by atoms with Gasteiger partial charge in [-0.2, -0.15) is 0 Å². The van der Waals surface area contributed by atoms with E-state index in [1.807, 2.05) is 0 Å². The van der Waals surface area contributed by atoms with E-state index in [0.29, 0.717) is 18.4 Å². The third-order valence-electron chi connectivity index (χ3n) is 2.94. The van der Waals surface area contributed by atoms with Gasteiger partial charge >= 0.3 is 5.97 Å². The average Bonchev–Trinajstić information content (AvgIpc) is 2.28. The zero-order valence-electron chi connectivity index (χ0n) is 9.26. The standard InChI is InChI=1S/C11H20O2/c1-7(2)9-8(11(3,4)5)6-13-10(9)12/h7-9H,6H2,1-5H3. The minimum atomic E-state index is -0.00470. The molecule has 2 unspecified atom stereocenters. The molecular formula is C11H20O2. The van der Waals surface area contributed by atoms with Gasteiger partial charge in [0.05, 0.1) is 12.5 Å². The van der Waals surface area contributed by atoms with E-state index in [1.165, 1.54) is 0 Å². The third kappa shape index (κ3) is 2.04. The second kappa shape index (κ2) is 3.32. The van der Waals surface area contributed by atoms with E-state index < -0.39 is 0 Å². The zero-order valence-corrected chi connectivity index (χ0v) is 9.26. The molecule has 13 heavy (non-hydrogen) atoms. The topological polar surface area (TPSA) is 26.3 Å². The molecule has 0 amide bonds. The monoisotopic (exact) mass is 184 g/mol. The fourth-order valence-corrected chi connectivity index (χ4v) is 2.06. The SMILES string of the molecule is CC(C)C1C(=O)OCC1C(C)(C)C. The van der Waals surface area contributed by atoms with Crippen LogP contribution in [0.2, 0.25) is 0 Å². The normalized spacial score (nSPS) is 29.5. The summed E-state index contributed by atoms with van der Waals surface area (Å²) in [5.74, 6) is 0.856. The van der Waals surface area contributed by atoms with Crippen molar-refractivity contribution in [3.63, 3.8) is 0 Å². The van der Waals surface area contributed by atoms with E-state index in [0.717, 1.165) is 0 Å². The van der Waals surface area contributed by atoms with E-state index >= 15 is 0 Å². The minimum Gasteiger partial charge on any atom is -0.465 e. The lowest BCUT2D eigenvalue weighted by atomic mass is 9.71. The molecule has 1 fully saturated rings. The van der Waals surface area contributed by atoms with Crippen molar-refractivity contribution in [1.82, 2.24) is 0 Å². The number of carbonyl (C=O) groups excluding carboxylic acids is 1. The van der Waals surface area contributed by atoms with Gasteiger partial charge in [0.15, 0.2) is 0 Å². The Balaban J connectivity index is 2.82. The molecule has 1 heterocycles. The van der Waals surface area contributed by atoms with Gasteiger partial charge in [-0.3, -0.25) is 4.79 Å². The van der Waals surface area contributed by atoms with Crippen molar-refractivity contribution in [3.8, 4) is 0 Å². The molecule has 0 saturated carbocycles. The van der Waals surface area contributed by atoms with Gasteiger partial charge < -0.3 is 4.74 Å². The molecule has 0 bridgehead atoms. The second-order valence-corrected chi connectivity index (χ2v) is 5.37. The number of cyclic esters (lactones) is 1. The van der Waals surface area contributed by atoms with Gasteiger partial charge in [0.1, 0.15) is 0 Å². The predicted molar refractivity (Wildman–Crippen MR) is 52.2 cm³/mol. The largest absolute Gasteiger partial charge is 0.465 e. The van der Waals surface area contributed by atoms with E-state index in [-0.39, 0.29) is 17.3 Å². The molecule has 76 valence electrons. The Morgan fingerprint density at radius 1 is 1.38 bits per heavy atom. The highest BCUT2D eigenvalue weighted by molar-refractivity contribution is 5.75. The van der Waals surface area contributed by atoms with Crippen molar-refractivity contribution < 1.29 is 9.53 Å². The van der Waals surface area contributed by atoms with Crippen LogP contribution in [0.5, 0.6) is 0 Å². The average molecular weight is 184 g/mol. The maximum absolute atomic E-state index is 11.5. The number of hydrogen-bond donors (Lipinski definition) is 0. The Kier molecular flexibility index (Phi) is 2.69. The molecule has 2 atom stereocenters. The lowest BCUT2D eigenvalue weighted by molar-refractivity contribution is -0.142. The van der Waals surface area contributed by atoms with E-state index in [9.17, 15) is 4.79 Å². The molecule has 1 saturated heterocycles. The molecular weight excluding hydrogens is 164 g/mol. The first kappa shape index (κ1) is 10.6. The summed E-state index contributed by atoms with van der Waals surface area (Å²) >= 11 is 0.